The maximum atomic E-state index is 13.3. The van der Waals surface area contributed by atoms with Crippen LogP contribution in [0.3, 0.4) is 0 Å². The fourth-order valence-electron chi connectivity index (χ4n) is 2.49. The van der Waals surface area contributed by atoms with Crippen molar-refractivity contribution < 1.29 is 22.6 Å². The lowest BCUT2D eigenvalue weighted by molar-refractivity contribution is -0.141. The molecule has 0 saturated carbocycles. The van der Waals surface area contributed by atoms with Gasteiger partial charge in [0.15, 0.2) is 27.5 Å². The fraction of sp³-hybridized carbons (Fsp3) is 0.167. The van der Waals surface area contributed by atoms with E-state index in [1.165, 1.54) is 12.4 Å². The third-order valence-corrected chi connectivity index (χ3v) is 4.90. The van der Waals surface area contributed by atoms with Crippen molar-refractivity contribution in [2.24, 2.45) is 0 Å². The summed E-state index contributed by atoms with van der Waals surface area (Å²) < 4.78 is 50.4. The molecule has 0 atom stereocenters. The summed E-state index contributed by atoms with van der Waals surface area (Å²) in [5.74, 6) is 0.967. The van der Waals surface area contributed by atoms with E-state index in [2.05, 4.69) is 30.6 Å². The van der Waals surface area contributed by atoms with Gasteiger partial charge in [0.1, 0.15) is 5.03 Å². The Balaban J connectivity index is 1.46. The first kappa shape index (κ1) is 21.1. The lowest BCUT2D eigenvalue weighted by Crippen LogP contribution is -2.29. The van der Waals surface area contributed by atoms with Crippen molar-refractivity contribution in [2.45, 2.75) is 22.9 Å². The van der Waals surface area contributed by atoms with E-state index in [-0.39, 0.29) is 28.0 Å². The van der Waals surface area contributed by atoms with Crippen molar-refractivity contribution in [2.75, 3.05) is 12.1 Å². The molecule has 1 aliphatic rings. The lowest BCUT2D eigenvalue weighted by atomic mass is 10.2. The summed E-state index contributed by atoms with van der Waals surface area (Å²) in [6.07, 6.45) is -1.70. The molecule has 1 aromatic carbocycles. The highest BCUT2D eigenvalue weighted by molar-refractivity contribution is 7.99. The number of fused-ring (bicyclic) bond motifs is 1. The zero-order chi connectivity index (χ0) is 21.8. The number of nitrogens with one attached hydrogen (secondary N) is 2. The highest BCUT2D eigenvalue weighted by Gasteiger charge is 2.34. The van der Waals surface area contributed by atoms with Crippen molar-refractivity contribution in [3.05, 3.63) is 54.0 Å². The number of benzene rings is 1. The van der Waals surface area contributed by atoms with Crippen molar-refractivity contribution >= 4 is 35.0 Å². The van der Waals surface area contributed by atoms with E-state index in [1.54, 1.807) is 18.2 Å². The molecule has 0 saturated heterocycles. The quantitative estimate of drug-likeness (QED) is 0.330. The molecule has 1 aliphatic heterocycles. The van der Waals surface area contributed by atoms with Gasteiger partial charge in [0, 0.05) is 25.0 Å². The van der Waals surface area contributed by atoms with Crippen LogP contribution in [-0.2, 0) is 12.7 Å². The van der Waals surface area contributed by atoms with Crippen LogP contribution < -0.4 is 20.1 Å². The first-order valence-electron chi connectivity index (χ1n) is 8.71. The number of rotatable bonds is 5. The van der Waals surface area contributed by atoms with E-state index in [0.29, 0.717) is 18.0 Å². The van der Waals surface area contributed by atoms with E-state index in [0.717, 1.165) is 23.4 Å². The first-order chi connectivity index (χ1) is 14.9. The molecule has 0 amide bonds. The third-order valence-electron chi connectivity index (χ3n) is 3.85. The summed E-state index contributed by atoms with van der Waals surface area (Å²) in [5.41, 5.74) is -0.266. The minimum Gasteiger partial charge on any atom is -0.454 e. The van der Waals surface area contributed by atoms with Gasteiger partial charge in [0.2, 0.25) is 12.7 Å². The second-order valence-electron chi connectivity index (χ2n) is 6.04. The monoisotopic (exact) mass is 466 g/mol. The Bertz CT molecular complexity index is 1100. The Morgan fingerprint density at radius 2 is 1.87 bits per heavy atom. The molecule has 13 heteroatoms. The number of hydrogen-bond donors (Lipinski definition) is 2. The molecule has 2 N–H and O–H groups in total. The second-order valence-corrected chi connectivity index (χ2v) is 7.44. The van der Waals surface area contributed by atoms with Crippen LogP contribution in [0.4, 0.5) is 19.1 Å². The predicted molar refractivity (Wildman–Crippen MR) is 109 cm³/mol. The van der Waals surface area contributed by atoms with Crippen LogP contribution in [0.5, 0.6) is 11.5 Å². The number of aromatic nitrogens is 4. The number of thiocarbonyl (C=S) groups is 1. The van der Waals surface area contributed by atoms with Gasteiger partial charge >= 0.3 is 6.18 Å². The molecule has 3 heterocycles. The zero-order valence-corrected chi connectivity index (χ0v) is 17.1. The topological polar surface area (TPSA) is 94.1 Å². The molecule has 160 valence electrons. The summed E-state index contributed by atoms with van der Waals surface area (Å²) >= 11 is 6.05. The highest BCUT2D eigenvalue weighted by atomic mass is 32.2. The van der Waals surface area contributed by atoms with Gasteiger partial charge in [-0.3, -0.25) is 0 Å². The molecular formula is C18H13F3N6O2S2. The van der Waals surface area contributed by atoms with E-state index in [4.69, 9.17) is 21.7 Å². The Hall–Kier alpha value is -3.19. The minimum absolute atomic E-state index is 0.0228. The number of alkyl halides is 3. The number of anilines is 1. The molecule has 0 unspecified atom stereocenters. The summed E-state index contributed by atoms with van der Waals surface area (Å²) in [6, 6.07) is 7.80. The maximum Gasteiger partial charge on any atom is 0.433 e. The van der Waals surface area contributed by atoms with Crippen LogP contribution in [0.1, 0.15) is 11.3 Å². The van der Waals surface area contributed by atoms with Gasteiger partial charge in [-0.2, -0.15) is 13.2 Å². The van der Waals surface area contributed by atoms with Gasteiger partial charge in [-0.15, -0.1) is 0 Å². The molecule has 31 heavy (non-hydrogen) atoms. The number of nitrogens with zero attached hydrogens (tertiary/aromatic N) is 4. The van der Waals surface area contributed by atoms with E-state index in [1.807, 2.05) is 6.07 Å². The smallest absolute Gasteiger partial charge is 0.433 e. The van der Waals surface area contributed by atoms with Gasteiger partial charge in [0.05, 0.1) is 0 Å². The Kier molecular flexibility index (Phi) is 6.04. The zero-order valence-electron chi connectivity index (χ0n) is 15.5. The average Bonchev–Trinajstić information content (AvgIpc) is 3.20. The second kappa shape index (κ2) is 8.89. The summed E-state index contributed by atoms with van der Waals surface area (Å²) in [7, 11) is 0. The van der Waals surface area contributed by atoms with Crippen molar-refractivity contribution in [1.82, 2.24) is 25.3 Å². The molecule has 2 aromatic heterocycles. The fourth-order valence-corrected chi connectivity index (χ4v) is 3.37. The molecule has 0 radical (unpaired) electrons. The largest absolute Gasteiger partial charge is 0.454 e. The SMILES string of the molecule is FC(F)(F)c1cc(Sc2ncccn2)nc(NC(=S)NCc2ccc3c(c2)OCO3)n1. The molecule has 4 rings (SSSR count). The minimum atomic E-state index is -4.66. The van der Waals surface area contributed by atoms with Crippen LogP contribution in [0.15, 0.2) is 52.9 Å². The van der Waals surface area contributed by atoms with Crippen LogP contribution in [0.25, 0.3) is 0 Å². The maximum absolute atomic E-state index is 13.3. The molecule has 0 fully saturated rings. The number of halogens is 3. The Morgan fingerprint density at radius 3 is 2.65 bits per heavy atom. The summed E-state index contributed by atoms with van der Waals surface area (Å²) in [6.45, 7) is 0.467. The highest BCUT2D eigenvalue weighted by Crippen LogP contribution is 2.33. The van der Waals surface area contributed by atoms with Crippen molar-refractivity contribution in [1.29, 1.82) is 0 Å². The van der Waals surface area contributed by atoms with Crippen LogP contribution in [-0.4, -0.2) is 31.8 Å². The molecule has 3 aromatic rings. The van der Waals surface area contributed by atoms with Crippen molar-refractivity contribution in [3.8, 4) is 11.5 Å². The molecule has 0 aliphatic carbocycles. The standard InChI is InChI=1S/C18H13F3N6O2S2/c19-18(20,21)13-7-14(31-17-22-4-1-5-23-17)26-15(25-13)27-16(30)24-8-10-2-3-11-12(6-10)29-9-28-11/h1-7H,8-9H2,(H2,24,25,26,27,30). The number of hydrogen-bond acceptors (Lipinski definition) is 8. The van der Waals surface area contributed by atoms with E-state index < -0.39 is 11.9 Å². The van der Waals surface area contributed by atoms with Crippen LogP contribution >= 0.6 is 24.0 Å². The van der Waals surface area contributed by atoms with Gasteiger partial charge in [-0.05, 0) is 47.7 Å². The number of ether oxygens (including phenoxy) is 2. The molecule has 0 bridgehead atoms. The average molecular weight is 466 g/mol. The van der Waals surface area contributed by atoms with Crippen LogP contribution in [0.2, 0.25) is 0 Å². The van der Waals surface area contributed by atoms with Gasteiger partial charge in [0.25, 0.3) is 0 Å². The predicted octanol–water partition coefficient (Wildman–Crippen LogP) is 3.65. The van der Waals surface area contributed by atoms with Crippen molar-refractivity contribution in [3.63, 3.8) is 0 Å². The van der Waals surface area contributed by atoms with Gasteiger partial charge in [-0.25, -0.2) is 19.9 Å². The molecule has 0 spiro atoms. The van der Waals surface area contributed by atoms with E-state index >= 15 is 0 Å². The normalized spacial score (nSPS) is 12.5. The first-order valence-corrected chi connectivity index (χ1v) is 9.94. The van der Waals surface area contributed by atoms with Gasteiger partial charge in [-0.1, -0.05) is 6.07 Å². The third kappa shape index (κ3) is 5.49. The summed E-state index contributed by atoms with van der Waals surface area (Å²) in [5, 5.41) is 5.82. The lowest BCUT2D eigenvalue weighted by Gasteiger charge is -2.13. The summed E-state index contributed by atoms with van der Waals surface area (Å²) in [4.78, 5) is 15.6. The van der Waals surface area contributed by atoms with E-state index in [9.17, 15) is 13.2 Å². The van der Waals surface area contributed by atoms with Gasteiger partial charge < -0.3 is 20.1 Å². The van der Waals surface area contributed by atoms with Crippen LogP contribution in [0, 0.1) is 0 Å². The Labute approximate surface area is 183 Å². The molecular weight excluding hydrogens is 453 g/mol. The Morgan fingerprint density at radius 1 is 1.10 bits per heavy atom. The molecule has 8 nitrogen and oxygen atoms in total.